The van der Waals surface area contributed by atoms with Crippen LogP contribution in [-0.4, -0.2) is 87.5 Å². The molecule has 320 valence electrons. The minimum atomic E-state index is -1.56. The van der Waals surface area contributed by atoms with E-state index in [0.29, 0.717) is 6.42 Å². The van der Waals surface area contributed by atoms with Gasteiger partial charge in [-0.1, -0.05) is 193 Å². The number of unbranched alkanes of at least 4 members (excludes halogenated alkanes) is 25. The minimum Gasteiger partial charge on any atom is -0.394 e. The van der Waals surface area contributed by atoms with Crippen molar-refractivity contribution in [2.45, 2.75) is 250 Å². The first-order valence-electron chi connectivity index (χ1n) is 22.8. The van der Waals surface area contributed by atoms with Gasteiger partial charge < -0.3 is 40.3 Å². The fourth-order valence-electron chi connectivity index (χ4n) is 7.34. The fourth-order valence-corrected chi connectivity index (χ4v) is 7.34. The van der Waals surface area contributed by atoms with Crippen LogP contribution in [0.25, 0.3) is 0 Å². The highest BCUT2D eigenvalue weighted by Crippen LogP contribution is 2.23. The van der Waals surface area contributed by atoms with Gasteiger partial charge in [-0.25, -0.2) is 0 Å². The maximum absolute atomic E-state index is 12.9. The summed E-state index contributed by atoms with van der Waals surface area (Å²) in [5.74, 6) is 0.605. The summed E-state index contributed by atoms with van der Waals surface area (Å²) in [4.78, 5) is 12.9. The molecule has 0 aromatic carbocycles. The average molecular weight is 770 g/mol. The lowest BCUT2D eigenvalue weighted by Crippen LogP contribution is -2.60. The van der Waals surface area contributed by atoms with Gasteiger partial charge in [0.15, 0.2) is 6.29 Å². The number of amides is 1. The van der Waals surface area contributed by atoms with Crippen molar-refractivity contribution in [3.05, 3.63) is 12.2 Å². The van der Waals surface area contributed by atoms with Crippen molar-refractivity contribution in [3.8, 4) is 0 Å². The number of rotatable bonds is 37. The molecule has 0 aromatic heterocycles. The van der Waals surface area contributed by atoms with Crippen molar-refractivity contribution in [2.24, 2.45) is 5.92 Å². The van der Waals surface area contributed by atoms with E-state index < -0.39 is 49.5 Å². The normalized spacial score (nSPS) is 21.6. The molecule has 9 nitrogen and oxygen atoms in total. The predicted octanol–water partition coefficient (Wildman–Crippen LogP) is 9.19. The number of carbonyl (C=O) groups is 1. The second-order valence-electron chi connectivity index (χ2n) is 16.7. The largest absolute Gasteiger partial charge is 0.394 e. The summed E-state index contributed by atoms with van der Waals surface area (Å²) >= 11 is 0. The Hall–Kier alpha value is -1.07. The van der Waals surface area contributed by atoms with Gasteiger partial charge in [0.1, 0.15) is 24.4 Å². The molecular weight excluding hydrogens is 682 g/mol. The van der Waals surface area contributed by atoms with Crippen molar-refractivity contribution in [1.29, 1.82) is 0 Å². The Morgan fingerprint density at radius 2 is 1.13 bits per heavy atom. The molecule has 0 aliphatic carbocycles. The number of aliphatic hydroxyl groups excluding tert-OH is 5. The van der Waals surface area contributed by atoms with Crippen molar-refractivity contribution in [2.75, 3.05) is 13.2 Å². The molecule has 0 radical (unpaired) electrons. The molecule has 1 rings (SSSR count). The fraction of sp³-hybridized carbons (Fsp3) is 0.933. The average Bonchev–Trinajstić information content (AvgIpc) is 3.15. The first-order chi connectivity index (χ1) is 26.2. The SMILES string of the molecule is CCCCCCCCCCCCCCCCCCCCCC(=O)NC(COC1OC(CO)C(O)C(O)C1O)C(O)C=CCCCCCCCCCC(C)C. The lowest BCUT2D eigenvalue weighted by atomic mass is 9.99. The maximum atomic E-state index is 12.9. The second kappa shape index (κ2) is 35.1. The van der Waals surface area contributed by atoms with Crippen LogP contribution in [-0.2, 0) is 14.3 Å². The Bertz CT molecular complexity index is 871. The molecule has 1 aliphatic rings. The summed E-state index contributed by atoms with van der Waals surface area (Å²) in [6, 6.07) is -0.799. The molecule has 6 N–H and O–H groups in total. The van der Waals surface area contributed by atoms with Gasteiger partial charge in [0, 0.05) is 6.42 Å². The highest BCUT2D eigenvalue weighted by Gasteiger charge is 2.44. The smallest absolute Gasteiger partial charge is 0.220 e. The van der Waals surface area contributed by atoms with E-state index in [2.05, 4.69) is 26.1 Å². The van der Waals surface area contributed by atoms with Crippen LogP contribution >= 0.6 is 0 Å². The quantitative estimate of drug-likeness (QED) is 0.0271. The summed E-state index contributed by atoms with van der Waals surface area (Å²) in [6.45, 7) is 6.08. The van der Waals surface area contributed by atoms with Crippen LogP contribution < -0.4 is 5.32 Å². The van der Waals surface area contributed by atoms with Gasteiger partial charge in [0.2, 0.25) is 5.91 Å². The minimum absolute atomic E-state index is 0.176. The van der Waals surface area contributed by atoms with Gasteiger partial charge in [-0.2, -0.15) is 0 Å². The van der Waals surface area contributed by atoms with Crippen LogP contribution in [0, 0.1) is 5.92 Å². The second-order valence-corrected chi connectivity index (χ2v) is 16.7. The molecule has 1 amide bonds. The topological polar surface area (TPSA) is 149 Å². The van der Waals surface area contributed by atoms with Gasteiger partial charge in [0.25, 0.3) is 0 Å². The van der Waals surface area contributed by atoms with Crippen molar-refractivity contribution in [1.82, 2.24) is 5.32 Å². The molecule has 0 spiro atoms. The molecule has 9 heteroatoms. The molecule has 54 heavy (non-hydrogen) atoms. The van der Waals surface area contributed by atoms with E-state index in [1.165, 1.54) is 141 Å². The van der Waals surface area contributed by atoms with E-state index in [4.69, 9.17) is 9.47 Å². The molecule has 1 saturated heterocycles. The first-order valence-corrected chi connectivity index (χ1v) is 22.8. The van der Waals surface area contributed by atoms with E-state index >= 15 is 0 Å². The standard InChI is InChI=1S/C45H87NO8/c1-4-5-6-7-8-9-10-11-12-13-14-15-16-17-18-22-25-28-31-34-41(49)46-38(36-53-45-44(52)43(51)42(50)40(35-47)54-45)39(48)33-30-27-24-21-19-20-23-26-29-32-37(2)3/h30,33,37-40,42-45,47-48,50-52H,4-29,31-32,34-36H2,1-3H3,(H,46,49). The predicted molar refractivity (Wildman–Crippen MR) is 221 cm³/mol. The molecule has 0 aromatic rings. The molecule has 1 heterocycles. The zero-order valence-corrected chi connectivity index (χ0v) is 35.2. The molecule has 0 saturated carbocycles. The van der Waals surface area contributed by atoms with Crippen molar-refractivity contribution >= 4 is 5.91 Å². The molecule has 1 aliphatic heterocycles. The van der Waals surface area contributed by atoms with Crippen LogP contribution in [0.15, 0.2) is 12.2 Å². The van der Waals surface area contributed by atoms with Gasteiger partial charge in [0.05, 0.1) is 25.4 Å². The monoisotopic (exact) mass is 770 g/mol. The van der Waals surface area contributed by atoms with E-state index in [0.717, 1.165) is 44.4 Å². The van der Waals surface area contributed by atoms with E-state index in [-0.39, 0.29) is 12.5 Å². The van der Waals surface area contributed by atoms with Crippen molar-refractivity contribution < 1.29 is 39.8 Å². The van der Waals surface area contributed by atoms with E-state index in [1.54, 1.807) is 6.08 Å². The Balaban J connectivity index is 2.32. The van der Waals surface area contributed by atoms with Crippen LogP contribution in [0.5, 0.6) is 0 Å². The number of hydrogen-bond acceptors (Lipinski definition) is 8. The number of ether oxygens (including phenoxy) is 2. The zero-order chi connectivity index (χ0) is 39.7. The summed E-state index contributed by atoms with van der Waals surface area (Å²) < 4.78 is 11.2. The lowest BCUT2D eigenvalue weighted by Gasteiger charge is -2.40. The third kappa shape index (κ3) is 26.7. The van der Waals surface area contributed by atoms with E-state index in [9.17, 15) is 30.3 Å². The highest BCUT2D eigenvalue weighted by atomic mass is 16.7. The summed E-state index contributed by atoms with van der Waals surface area (Å²) in [7, 11) is 0. The Labute approximate surface area is 331 Å². The Morgan fingerprint density at radius 3 is 1.61 bits per heavy atom. The third-order valence-corrected chi connectivity index (χ3v) is 11.0. The molecule has 0 bridgehead atoms. The highest BCUT2D eigenvalue weighted by molar-refractivity contribution is 5.76. The number of allylic oxidation sites excluding steroid dienone is 1. The van der Waals surface area contributed by atoms with E-state index in [1.807, 2.05) is 6.08 Å². The summed E-state index contributed by atoms with van der Waals surface area (Å²) in [6.07, 6.45) is 31.2. The number of hydrogen-bond donors (Lipinski definition) is 6. The van der Waals surface area contributed by atoms with Gasteiger partial charge in [-0.15, -0.1) is 0 Å². The first kappa shape index (κ1) is 50.9. The maximum Gasteiger partial charge on any atom is 0.220 e. The van der Waals surface area contributed by atoms with Gasteiger partial charge in [-0.3, -0.25) is 4.79 Å². The molecule has 1 fully saturated rings. The molecule has 7 unspecified atom stereocenters. The van der Waals surface area contributed by atoms with Gasteiger partial charge in [-0.05, 0) is 25.2 Å². The van der Waals surface area contributed by atoms with Crippen LogP contribution in [0.1, 0.15) is 207 Å². The number of carbonyl (C=O) groups excluding carboxylic acids is 1. The number of nitrogens with one attached hydrogen (secondary N) is 1. The van der Waals surface area contributed by atoms with Crippen molar-refractivity contribution in [3.63, 3.8) is 0 Å². The zero-order valence-electron chi connectivity index (χ0n) is 35.2. The number of aliphatic hydroxyl groups is 5. The third-order valence-electron chi connectivity index (χ3n) is 11.0. The molecular formula is C45H87NO8. The van der Waals surface area contributed by atoms with Gasteiger partial charge >= 0.3 is 0 Å². The molecule has 7 atom stereocenters. The van der Waals surface area contributed by atoms with Crippen LogP contribution in [0.2, 0.25) is 0 Å². The Morgan fingerprint density at radius 1 is 0.667 bits per heavy atom. The Kier molecular flexibility index (Phi) is 33.1. The summed E-state index contributed by atoms with van der Waals surface area (Å²) in [5.41, 5.74) is 0. The lowest BCUT2D eigenvalue weighted by molar-refractivity contribution is -0.302. The summed E-state index contributed by atoms with van der Waals surface area (Å²) in [5, 5.41) is 54.1. The van der Waals surface area contributed by atoms with Crippen LogP contribution in [0.4, 0.5) is 0 Å². The van der Waals surface area contributed by atoms with Crippen LogP contribution in [0.3, 0.4) is 0 Å².